The van der Waals surface area contributed by atoms with Crippen LogP contribution in [-0.4, -0.2) is 62.0 Å². The first kappa shape index (κ1) is 47.8. The number of hydrogen-bond donors (Lipinski definition) is 4. The molecule has 342 valence electrons. The summed E-state index contributed by atoms with van der Waals surface area (Å²) in [6, 6.07) is 21.3. The van der Waals surface area contributed by atoms with Gasteiger partial charge in [0.05, 0.1) is 69.0 Å². The van der Waals surface area contributed by atoms with E-state index in [4.69, 9.17) is 0 Å². The number of hydrogen-bond acceptors (Lipinski definition) is 7. The van der Waals surface area contributed by atoms with Crippen LogP contribution in [-0.2, 0) is 21.9 Å². The summed E-state index contributed by atoms with van der Waals surface area (Å²) in [4.78, 5) is 58.7. The molecule has 0 spiro atoms. The lowest BCUT2D eigenvalue weighted by atomic mass is 9.93. The van der Waals surface area contributed by atoms with Gasteiger partial charge in [0, 0.05) is 24.5 Å². The summed E-state index contributed by atoms with van der Waals surface area (Å²) < 4.78 is 81.7. The quantitative estimate of drug-likeness (QED) is 0.0729. The fourth-order valence-electron chi connectivity index (χ4n) is 7.74. The van der Waals surface area contributed by atoms with Crippen molar-refractivity contribution in [1.29, 1.82) is 10.5 Å². The highest BCUT2D eigenvalue weighted by Gasteiger charge is 2.40. The number of carbonyl (C=O) groups excluding carboxylic acids is 4. The number of halogens is 6. The first-order valence-electron chi connectivity index (χ1n) is 20.5. The summed E-state index contributed by atoms with van der Waals surface area (Å²) in [6.45, 7) is 4.26. The van der Waals surface area contributed by atoms with Gasteiger partial charge in [-0.1, -0.05) is 36.4 Å². The van der Waals surface area contributed by atoms with Gasteiger partial charge in [-0.25, -0.2) is 9.59 Å². The molecule has 0 fully saturated rings. The lowest BCUT2D eigenvalue weighted by Gasteiger charge is -2.36. The molecule has 19 heteroatoms. The number of benzene rings is 4. The highest BCUT2D eigenvalue weighted by atomic mass is 19.4. The van der Waals surface area contributed by atoms with Crippen LogP contribution >= 0.6 is 0 Å². The van der Waals surface area contributed by atoms with Gasteiger partial charge in [0.25, 0.3) is 11.8 Å². The predicted molar refractivity (Wildman–Crippen MR) is 231 cm³/mol. The van der Waals surface area contributed by atoms with E-state index in [2.05, 4.69) is 21.3 Å². The van der Waals surface area contributed by atoms with Gasteiger partial charge in [-0.3, -0.25) is 19.4 Å². The lowest BCUT2D eigenvalue weighted by molar-refractivity contribution is -0.138. The molecule has 0 aromatic heterocycles. The molecule has 4 N–H and O–H groups in total. The average Bonchev–Trinajstić information content (AvgIpc) is 3.28. The van der Waals surface area contributed by atoms with Gasteiger partial charge in [-0.15, -0.1) is 0 Å². The molecule has 4 aromatic rings. The standard InChI is InChI=1S/C47H43F6N9O4/c1-28-38(40(32-16-12-30(26-54)13-17-32)58-44(65)61(28)36-10-4-8-34(24-36)46(48,49)50)42(63)56-20-6-22-60(3)23-7-21-57-43(64)39-29(2)62(37-11-5-9-35(25-37)47(51,52)53)45(66)59-41(39)33-18-14-31(27-55)15-19-33/h4-5,8-19,24-25,40-41H,6-7,20-23H2,1-3H3,(H,56,63)(H,57,64)(H,58,65)(H,59,66)/t40-,41-/m0/s1. The van der Waals surface area contributed by atoms with E-state index in [1.807, 2.05) is 24.1 Å². The normalized spacial score (nSPS) is 16.7. The number of rotatable bonds is 14. The SMILES string of the molecule is CC1=C(C(=O)NCCCN(C)CCCNC(=O)C2=C(C)N(c3cccc(C(F)(F)F)c3)C(=O)N[C@H]2c2ccc(C#N)cc2)[C@H](c2ccc(C#N)cc2)NC(=O)N1c1cccc(C(F)(F)F)c1. The largest absolute Gasteiger partial charge is 0.416 e. The van der Waals surface area contributed by atoms with Gasteiger partial charge in [-0.05, 0) is 119 Å². The predicted octanol–water partition coefficient (Wildman–Crippen LogP) is 8.20. The minimum Gasteiger partial charge on any atom is -0.352 e. The van der Waals surface area contributed by atoms with Crippen molar-refractivity contribution in [2.24, 2.45) is 0 Å². The molecule has 6 amide bonds. The fraction of sp³-hybridized carbons (Fsp3) is 0.277. The minimum atomic E-state index is -4.68. The zero-order valence-corrected chi connectivity index (χ0v) is 35.8. The summed E-state index contributed by atoms with van der Waals surface area (Å²) in [5.74, 6) is -1.14. The third-order valence-electron chi connectivity index (χ3n) is 11.1. The second kappa shape index (κ2) is 20.0. The third-order valence-corrected chi connectivity index (χ3v) is 11.1. The first-order valence-corrected chi connectivity index (χ1v) is 20.5. The molecule has 4 aromatic carbocycles. The molecule has 2 heterocycles. The number of amides is 6. The van der Waals surface area contributed by atoms with E-state index in [0.29, 0.717) is 48.2 Å². The molecule has 66 heavy (non-hydrogen) atoms. The molecule has 0 radical (unpaired) electrons. The zero-order chi connectivity index (χ0) is 47.9. The van der Waals surface area contributed by atoms with Gasteiger partial charge in [-0.2, -0.15) is 36.9 Å². The van der Waals surface area contributed by atoms with Gasteiger partial charge in [0.15, 0.2) is 0 Å². The Morgan fingerprint density at radius 1 is 0.636 bits per heavy atom. The highest BCUT2D eigenvalue weighted by Crippen LogP contribution is 2.39. The molecule has 0 bridgehead atoms. The van der Waals surface area contributed by atoms with Crippen molar-refractivity contribution >= 4 is 35.3 Å². The van der Waals surface area contributed by atoms with E-state index >= 15 is 0 Å². The summed E-state index contributed by atoms with van der Waals surface area (Å²) in [5.41, 5.74) is -0.126. The van der Waals surface area contributed by atoms with Gasteiger partial charge in [0.1, 0.15) is 0 Å². The average molecular weight is 912 g/mol. The topological polar surface area (TPSA) is 174 Å². The molecule has 2 aliphatic rings. The molecule has 0 saturated carbocycles. The van der Waals surface area contributed by atoms with Crippen LogP contribution in [0.1, 0.15) is 72.2 Å². The maximum Gasteiger partial charge on any atom is 0.416 e. The van der Waals surface area contributed by atoms with Crippen molar-refractivity contribution in [2.75, 3.05) is 43.0 Å². The van der Waals surface area contributed by atoms with E-state index in [0.717, 1.165) is 34.1 Å². The Hall–Kier alpha value is -7.64. The van der Waals surface area contributed by atoms with E-state index in [-0.39, 0.29) is 47.0 Å². The van der Waals surface area contributed by atoms with Crippen molar-refractivity contribution in [3.8, 4) is 12.1 Å². The van der Waals surface area contributed by atoms with Crippen LogP contribution in [0.2, 0.25) is 0 Å². The third kappa shape index (κ3) is 10.8. The summed E-state index contributed by atoms with van der Waals surface area (Å²) in [6.07, 6.45) is -8.45. The Labute approximate surface area is 376 Å². The van der Waals surface area contributed by atoms with Crippen LogP contribution in [0.3, 0.4) is 0 Å². The van der Waals surface area contributed by atoms with Crippen molar-refractivity contribution in [3.63, 3.8) is 0 Å². The molecule has 0 unspecified atom stereocenters. The monoisotopic (exact) mass is 911 g/mol. The molecule has 0 saturated heterocycles. The highest BCUT2D eigenvalue weighted by molar-refractivity contribution is 6.06. The Kier molecular flexibility index (Phi) is 14.5. The van der Waals surface area contributed by atoms with Crippen LogP contribution in [0.5, 0.6) is 0 Å². The number of anilines is 2. The molecule has 2 atom stereocenters. The smallest absolute Gasteiger partial charge is 0.352 e. The second-order valence-corrected chi connectivity index (χ2v) is 15.5. The number of carbonyl (C=O) groups is 4. The van der Waals surface area contributed by atoms with Crippen LogP contribution in [0.25, 0.3) is 0 Å². The number of alkyl halides is 6. The van der Waals surface area contributed by atoms with Crippen molar-refractivity contribution in [1.82, 2.24) is 26.2 Å². The summed E-state index contributed by atoms with van der Waals surface area (Å²) in [7, 11) is 1.83. The Morgan fingerprint density at radius 3 is 1.33 bits per heavy atom. The summed E-state index contributed by atoms with van der Waals surface area (Å²) >= 11 is 0. The number of nitriles is 2. The zero-order valence-electron chi connectivity index (χ0n) is 35.8. The number of allylic oxidation sites excluding steroid dienone is 2. The molecule has 2 aliphatic heterocycles. The molecular weight excluding hydrogens is 869 g/mol. The number of urea groups is 2. The molecule has 13 nitrogen and oxygen atoms in total. The van der Waals surface area contributed by atoms with Crippen molar-refractivity contribution < 1.29 is 45.5 Å². The first-order chi connectivity index (χ1) is 31.3. The summed E-state index contributed by atoms with van der Waals surface area (Å²) in [5, 5.41) is 29.8. The Bertz CT molecular complexity index is 2470. The number of nitrogens with zero attached hydrogens (tertiary/aromatic N) is 5. The molecule has 0 aliphatic carbocycles. The van der Waals surface area contributed by atoms with E-state index in [9.17, 15) is 56.0 Å². The fourth-order valence-corrected chi connectivity index (χ4v) is 7.74. The van der Waals surface area contributed by atoms with Crippen LogP contribution in [0.4, 0.5) is 47.3 Å². The van der Waals surface area contributed by atoms with E-state index in [1.165, 1.54) is 62.4 Å². The van der Waals surface area contributed by atoms with Crippen LogP contribution in [0, 0.1) is 22.7 Å². The van der Waals surface area contributed by atoms with Crippen LogP contribution < -0.4 is 31.1 Å². The maximum atomic E-state index is 13.9. The number of nitrogens with one attached hydrogen (secondary N) is 4. The van der Waals surface area contributed by atoms with Crippen molar-refractivity contribution in [3.05, 3.63) is 153 Å². The minimum absolute atomic E-state index is 0.0862. The van der Waals surface area contributed by atoms with Crippen LogP contribution in [0.15, 0.2) is 120 Å². The molecule has 6 rings (SSSR count). The Morgan fingerprint density at radius 2 is 1.00 bits per heavy atom. The Balaban J connectivity index is 1.09. The van der Waals surface area contributed by atoms with E-state index < -0.39 is 59.4 Å². The van der Waals surface area contributed by atoms with Gasteiger partial charge in [0.2, 0.25) is 0 Å². The lowest BCUT2D eigenvalue weighted by Crippen LogP contribution is -2.49. The second-order valence-electron chi connectivity index (χ2n) is 15.5. The van der Waals surface area contributed by atoms with Gasteiger partial charge >= 0.3 is 24.4 Å². The van der Waals surface area contributed by atoms with E-state index in [1.54, 1.807) is 24.3 Å². The molecular formula is C47H43F6N9O4. The maximum absolute atomic E-state index is 13.9. The van der Waals surface area contributed by atoms with Gasteiger partial charge < -0.3 is 26.2 Å². The van der Waals surface area contributed by atoms with Crippen molar-refractivity contribution in [2.45, 2.75) is 51.1 Å².